The molecule has 0 amide bonds. The highest BCUT2D eigenvalue weighted by Gasteiger charge is 2.14. The van der Waals surface area contributed by atoms with E-state index in [0.717, 1.165) is 5.92 Å². The summed E-state index contributed by atoms with van der Waals surface area (Å²) in [6.07, 6.45) is 9.62. The summed E-state index contributed by atoms with van der Waals surface area (Å²) in [5.41, 5.74) is 0. The molecule has 1 aliphatic rings. The molecule has 17 heavy (non-hydrogen) atoms. The number of hydrogen-bond acceptors (Lipinski definition) is 2. The number of hydrogen-bond donors (Lipinski definition) is 1. The van der Waals surface area contributed by atoms with Crippen molar-refractivity contribution in [2.75, 3.05) is 32.7 Å². The smallest absolute Gasteiger partial charge is 0.00156 e. The average Bonchev–Trinajstić information content (AvgIpc) is 2.39. The van der Waals surface area contributed by atoms with E-state index in [1.54, 1.807) is 0 Å². The van der Waals surface area contributed by atoms with Gasteiger partial charge in [0.2, 0.25) is 0 Å². The molecule has 2 heteroatoms. The van der Waals surface area contributed by atoms with Crippen LogP contribution in [0.4, 0.5) is 0 Å². The number of nitrogens with zero attached hydrogens (tertiary/aromatic N) is 1. The van der Waals surface area contributed by atoms with Crippen LogP contribution >= 0.6 is 0 Å². The fraction of sp³-hybridized carbons (Fsp3) is 1.00. The van der Waals surface area contributed by atoms with Gasteiger partial charge in [-0.05, 0) is 70.7 Å². The zero-order valence-electron chi connectivity index (χ0n) is 12.0. The lowest BCUT2D eigenvalue weighted by molar-refractivity contribution is 0.231. The predicted molar refractivity (Wildman–Crippen MR) is 76.5 cm³/mol. The molecule has 1 atom stereocenters. The summed E-state index contributed by atoms with van der Waals surface area (Å²) in [5.74, 6) is 0.939. The van der Waals surface area contributed by atoms with Crippen LogP contribution in [0, 0.1) is 5.92 Å². The van der Waals surface area contributed by atoms with Crippen molar-refractivity contribution in [3.8, 4) is 0 Å². The summed E-state index contributed by atoms with van der Waals surface area (Å²) in [5, 5.41) is 3.53. The number of rotatable bonds is 9. The van der Waals surface area contributed by atoms with Crippen molar-refractivity contribution >= 4 is 0 Å². The highest BCUT2D eigenvalue weighted by molar-refractivity contribution is 4.71. The first-order valence-corrected chi connectivity index (χ1v) is 7.79. The quantitative estimate of drug-likeness (QED) is 0.665. The van der Waals surface area contributed by atoms with E-state index in [1.807, 2.05) is 0 Å². The molecule has 1 saturated heterocycles. The zero-order valence-corrected chi connectivity index (χ0v) is 12.0. The minimum absolute atomic E-state index is 0.939. The summed E-state index contributed by atoms with van der Waals surface area (Å²) in [6.45, 7) is 11.0. The van der Waals surface area contributed by atoms with Crippen LogP contribution in [-0.4, -0.2) is 37.6 Å². The van der Waals surface area contributed by atoms with Crippen LogP contribution < -0.4 is 5.32 Å². The van der Waals surface area contributed by atoms with E-state index in [1.165, 1.54) is 77.7 Å². The van der Waals surface area contributed by atoms with E-state index < -0.39 is 0 Å². The van der Waals surface area contributed by atoms with Crippen molar-refractivity contribution in [3.63, 3.8) is 0 Å². The van der Waals surface area contributed by atoms with Crippen LogP contribution in [0.3, 0.4) is 0 Å². The summed E-state index contributed by atoms with van der Waals surface area (Å²) >= 11 is 0. The van der Waals surface area contributed by atoms with E-state index >= 15 is 0 Å². The molecule has 0 aromatic heterocycles. The van der Waals surface area contributed by atoms with Crippen molar-refractivity contribution in [3.05, 3.63) is 0 Å². The van der Waals surface area contributed by atoms with Crippen LogP contribution in [-0.2, 0) is 0 Å². The Balaban J connectivity index is 2.16. The van der Waals surface area contributed by atoms with E-state index in [2.05, 4.69) is 24.1 Å². The summed E-state index contributed by atoms with van der Waals surface area (Å²) in [4.78, 5) is 2.70. The first-order valence-electron chi connectivity index (χ1n) is 7.79. The normalized spacial score (nSPS) is 21.0. The van der Waals surface area contributed by atoms with Gasteiger partial charge in [0, 0.05) is 0 Å². The minimum atomic E-state index is 0.939. The van der Waals surface area contributed by atoms with Gasteiger partial charge < -0.3 is 10.2 Å². The average molecular weight is 240 g/mol. The summed E-state index contributed by atoms with van der Waals surface area (Å²) in [6, 6.07) is 0. The Morgan fingerprint density at radius 2 is 1.76 bits per heavy atom. The van der Waals surface area contributed by atoms with Gasteiger partial charge in [-0.2, -0.15) is 0 Å². The largest absolute Gasteiger partial charge is 0.316 e. The maximum absolute atomic E-state index is 3.53. The highest BCUT2D eigenvalue weighted by Crippen LogP contribution is 2.15. The number of piperidine rings is 1. The number of unbranched alkanes of at least 4 members (excludes halogenated alkanes) is 2. The van der Waals surface area contributed by atoms with Crippen LogP contribution in [0.5, 0.6) is 0 Å². The van der Waals surface area contributed by atoms with E-state index in [4.69, 9.17) is 0 Å². The lowest BCUT2D eigenvalue weighted by Crippen LogP contribution is -2.34. The van der Waals surface area contributed by atoms with Gasteiger partial charge in [-0.25, -0.2) is 0 Å². The summed E-state index contributed by atoms with van der Waals surface area (Å²) in [7, 11) is 0. The van der Waals surface area contributed by atoms with Crippen molar-refractivity contribution in [2.45, 2.75) is 58.8 Å². The second-order valence-corrected chi connectivity index (χ2v) is 5.55. The van der Waals surface area contributed by atoms with Gasteiger partial charge in [-0.3, -0.25) is 0 Å². The molecule has 1 fully saturated rings. The molecular weight excluding hydrogens is 208 g/mol. The Labute approximate surface area is 108 Å². The number of nitrogens with one attached hydrogen (secondary N) is 1. The molecule has 0 saturated carbocycles. The third-order valence-corrected chi connectivity index (χ3v) is 3.91. The molecule has 0 spiro atoms. The van der Waals surface area contributed by atoms with Crippen molar-refractivity contribution in [1.29, 1.82) is 0 Å². The van der Waals surface area contributed by atoms with Gasteiger partial charge >= 0.3 is 0 Å². The first kappa shape index (κ1) is 15.0. The highest BCUT2D eigenvalue weighted by atomic mass is 15.1. The Morgan fingerprint density at radius 1 is 1.06 bits per heavy atom. The van der Waals surface area contributed by atoms with Crippen LogP contribution in [0.2, 0.25) is 0 Å². The van der Waals surface area contributed by atoms with E-state index in [9.17, 15) is 0 Å². The molecule has 1 N–H and O–H groups in total. The van der Waals surface area contributed by atoms with Crippen LogP contribution in [0.25, 0.3) is 0 Å². The van der Waals surface area contributed by atoms with Crippen molar-refractivity contribution in [1.82, 2.24) is 10.2 Å². The maximum Gasteiger partial charge on any atom is -0.00156 e. The van der Waals surface area contributed by atoms with Crippen molar-refractivity contribution in [2.24, 2.45) is 5.92 Å². The van der Waals surface area contributed by atoms with Gasteiger partial charge in [-0.1, -0.05) is 26.7 Å². The second-order valence-electron chi connectivity index (χ2n) is 5.55. The molecule has 0 aromatic rings. The Hall–Kier alpha value is -0.0800. The zero-order chi connectivity index (χ0) is 12.3. The topological polar surface area (TPSA) is 15.3 Å². The molecule has 1 aliphatic heterocycles. The van der Waals surface area contributed by atoms with Gasteiger partial charge in [-0.15, -0.1) is 0 Å². The Morgan fingerprint density at radius 3 is 2.29 bits per heavy atom. The predicted octanol–water partition coefficient (Wildman–Crippen LogP) is 3.28. The third-order valence-electron chi connectivity index (χ3n) is 3.91. The molecule has 0 aliphatic carbocycles. The van der Waals surface area contributed by atoms with Crippen LogP contribution in [0.1, 0.15) is 58.8 Å². The first-order chi connectivity index (χ1) is 8.36. The monoisotopic (exact) mass is 240 g/mol. The SMILES string of the molecule is CCCCN(CCCC)CC[C@H]1CCCNC1. The molecule has 102 valence electrons. The molecule has 0 bridgehead atoms. The molecule has 1 heterocycles. The van der Waals surface area contributed by atoms with E-state index in [-0.39, 0.29) is 0 Å². The molecule has 0 radical (unpaired) electrons. The van der Waals surface area contributed by atoms with Gasteiger partial charge in [0.15, 0.2) is 0 Å². The standard InChI is InChI=1S/C15H32N2/c1-3-5-11-17(12-6-4-2)13-9-15-8-7-10-16-14-15/h15-16H,3-14H2,1-2H3/t15-/m1/s1. The minimum Gasteiger partial charge on any atom is -0.316 e. The van der Waals surface area contributed by atoms with Gasteiger partial charge in [0.25, 0.3) is 0 Å². The van der Waals surface area contributed by atoms with Gasteiger partial charge in [0.05, 0.1) is 0 Å². The third kappa shape index (κ3) is 7.05. The molecular formula is C15H32N2. The molecule has 0 unspecified atom stereocenters. The Bertz CT molecular complexity index is 156. The summed E-state index contributed by atoms with van der Waals surface area (Å²) < 4.78 is 0. The molecule has 1 rings (SSSR count). The fourth-order valence-corrected chi connectivity index (χ4v) is 2.63. The second kappa shape index (κ2) is 9.90. The fourth-order valence-electron chi connectivity index (χ4n) is 2.63. The van der Waals surface area contributed by atoms with Crippen LogP contribution in [0.15, 0.2) is 0 Å². The lowest BCUT2D eigenvalue weighted by atomic mass is 9.96. The molecule has 2 nitrogen and oxygen atoms in total. The Kier molecular flexibility index (Phi) is 8.72. The van der Waals surface area contributed by atoms with Gasteiger partial charge in [0.1, 0.15) is 0 Å². The maximum atomic E-state index is 3.53. The van der Waals surface area contributed by atoms with Crippen molar-refractivity contribution < 1.29 is 0 Å². The molecule has 0 aromatic carbocycles. The van der Waals surface area contributed by atoms with E-state index in [0.29, 0.717) is 0 Å². The lowest BCUT2D eigenvalue weighted by Gasteiger charge is -2.27.